The van der Waals surface area contributed by atoms with Gasteiger partial charge >= 0.3 is 33.7 Å². The predicted molar refractivity (Wildman–Crippen MR) is 165 cm³/mol. The Morgan fingerprint density at radius 3 is 0.938 bits per heavy atom. The molecule has 24 nitrogen and oxygen atoms in total. The Morgan fingerprint density at radius 1 is 0.500 bits per heavy atom. The Kier molecular flexibility index (Phi) is 24.3. The van der Waals surface area contributed by atoms with E-state index >= 15 is 0 Å². The van der Waals surface area contributed by atoms with Crippen LogP contribution in [0, 0.1) is 0 Å². The molecule has 0 saturated carbocycles. The largest absolute Gasteiger partial charge is 0.696 e. The molecule has 48 heavy (non-hydrogen) atoms. The minimum absolute atomic E-state index is 0.173. The van der Waals surface area contributed by atoms with Gasteiger partial charge in [-0.15, -0.1) is 9.79 Å². The highest BCUT2D eigenvalue weighted by Gasteiger charge is 2.23. The van der Waals surface area contributed by atoms with Gasteiger partial charge in [-0.2, -0.15) is 0 Å². The zero-order valence-corrected chi connectivity index (χ0v) is 29.2. The van der Waals surface area contributed by atoms with E-state index in [1.807, 2.05) is 0 Å². The van der Waals surface area contributed by atoms with Crippen LogP contribution < -0.4 is 21.3 Å². The fraction of sp³-hybridized carbons (Fsp3) is 0.800. The predicted octanol–water partition coefficient (Wildman–Crippen LogP) is -4.71. The van der Waals surface area contributed by atoms with E-state index in [-0.39, 0.29) is 78.5 Å². The quantitative estimate of drug-likeness (QED) is 0.0410. The van der Waals surface area contributed by atoms with Gasteiger partial charge in [-0.1, -0.05) is 9.05 Å². The third-order valence-corrected chi connectivity index (χ3v) is 7.61. The number of nitrogens with zero attached hydrogens (tertiary/aromatic N) is 4. The van der Waals surface area contributed by atoms with Crippen LogP contribution in [-0.4, -0.2) is 178 Å². The number of nitrogens with one attached hydrogen (secondary N) is 4. The molecule has 4 amide bonds. The van der Waals surface area contributed by atoms with Gasteiger partial charge in [0.2, 0.25) is 23.6 Å². The molecule has 1 saturated heterocycles. The second kappa shape index (κ2) is 26.2. The molecule has 0 aromatic carbocycles. The third-order valence-electron chi connectivity index (χ3n) is 6.19. The zero-order valence-electron chi connectivity index (χ0n) is 25.7. The van der Waals surface area contributed by atoms with Crippen molar-refractivity contribution in [1.29, 1.82) is 0 Å². The molecule has 0 aliphatic carbocycles. The molecule has 2 atom stereocenters. The SMILES string of the molecule is O=C(CN1CCN(CC(=O)NCOP(O)O)CCN(CC(=O)NCO[P+](=O)O)CCN(CC(=O)NCO[P+](=O)O)CC1)NCOP(O)O. The molecule has 1 aliphatic rings. The molecule has 2 unspecified atom stereocenters. The van der Waals surface area contributed by atoms with Crippen molar-refractivity contribution in [2.75, 3.05) is 105 Å². The maximum Gasteiger partial charge on any atom is 0.696 e. The summed E-state index contributed by atoms with van der Waals surface area (Å²) in [6.07, 6.45) is 0. The molecule has 0 spiro atoms. The van der Waals surface area contributed by atoms with E-state index in [1.165, 1.54) is 0 Å². The van der Waals surface area contributed by atoms with E-state index in [9.17, 15) is 28.3 Å². The molecular weight excluding hydrogens is 732 g/mol. The van der Waals surface area contributed by atoms with Gasteiger partial charge in [0.1, 0.15) is 13.5 Å². The van der Waals surface area contributed by atoms with Crippen molar-refractivity contribution >= 4 is 57.3 Å². The van der Waals surface area contributed by atoms with Gasteiger partial charge in [0.25, 0.3) is 0 Å². The lowest BCUT2D eigenvalue weighted by atomic mass is 10.3. The van der Waals surface area contributed by atoms with E-state index in [1.54, 1.807) is 19.6 Å². The topological polar surface area (TPSA) is 322 Å². The van der Waals surface area contributed by atoms with Crippen molar-refractivity contribution in [1.82, 2.24) is 40.9 Å². The first-order valence-corrected chi connectivity index (χ1v) is 18.5. The van der Waals surface area contributed by atoms with Gasteiger partial charge in [-0.25, -0.2) is 0 Å². The van der Waals surface area contributed by atoms with Crippen molar-refractivity contribution in [3.63, 3.8) is 0 Å². The number of hydrogen-bond donors (Lipinski definition) is 10. The molecule has 28 heteroatoms. The molecule has 1 rings (SSSR count). The Labute approximate surface area is 279 Å². The maximum absolute atomic E-state index is 12.6. The van der Waals surface area contributed by atoms with Crippen LogP contribution in [0.15, 0.2) is 0 Å². The molecule has 0 aromatic rings. The van der Waals surface area contributed by atoms with Gasteiger partial charge in [0.15, 0.2) is 13.5 Å². The average molecular weight is 774 g/mol. The van der Waals surface area contributed by atoms with Crippen LogP contribution >= 0.6 is 33.7 Å². The normalized spacial score (nSPS) is 16.9. The number of rotatable bonds is 20. The first-order valence-electron chi connectivity index (χ1n) is 13.9. The van der Waals surface area contributed by atoms with Crippen LogP contribution in [0.25, 0.3) is 0 Å². The average Bonchev–Trinajstić information content (AvgIpc) is 2.97. The summed E-state index contributed by atoms with van der Waals surface area (Å²) in [5, 5.41) is 9.47. The lowest BCUT2D eigenvalue weighted by Crippen LogP contribution is -2.51. The molecular formula is C20H42N8O16P4+2. The summed E-state index contributed by atoms with van der Waals surface area (Å²) >= 11 is 0. The van der Waals surface area contributed by atoms with Crippen molar-refractivity contribution in [3.8, 4) is 0 Å². The molecule has 10 N–H and O–H groups in total. The molecule has 1 heterocycles. The van der Waals surface area contributed by atoms with Crippen LogP contribution in [0.3, 0.4) is 0 Å². The highest BCUT2D eigenvalue weighted by molar-refractivity contribution is 7.39. The minimum atomic E-state index is -2.93. The molecule has 0 bridgehead atoms. The lowest BCUT2D eigenvalue weighted by molar-refractivity contribution is -0.126. The van der Waals surface area contributed by atoms with E-state index < -0.39 is 84.3 Å². The molecule has 276 valence electrons. The van der Waals surface area contributed by atoms with Crippen LogP contribution in [-0.2, 0) is 46.4 Å². The van der Waals surface area contributed by atoms with E-state index in [0.717, 1.165) is 0 Å². The monoisotopic (exact) mass is 774 g/mol. The minimum Gasteiger partial charge on any atom is -0.332 e. The van der Waals surface area contributed by atoms with Crippen molar-refractivity contribution < 1.29 is 75.8 Å². The number of carbonyl (C=O) groups is 4. The van der Waals surface area contributed by atoms with Crippen LogP contribution in [0.4, 0.5) is 0 Å². The molecule has 1 fully saturated rings. The number of amides is 4. The second-order valence-electron chi connectivity index (χ2n) is 9.58. The van der Waals surface area contributed by atoms with Crippen LogP contribution in [0.2, 0.25) is 0 Å². The summed E-state index contributed by atoms with van der Waals surface area (Å²) < 4.78 is 39.6. The molecule has 0 aromatic heterocycles. The van der Waals surface area contributed by atoms with E-state index in [0.29, 0.717) is 0 Å². The summed E-state index contributed by atoms with van der Waals surface area (Å²) in [6, 6.07) is 0. The zero-order chi connectivity index (χ0) is 35.9. The van der Waals surface area contributed by atoms with Gasteiger partial charge < -0.3 is 40.8 Å². The second-order valence-corrected chi connectivity index (χ2v) is 12.6. The molecule has 0 radical (unpaired) electrons. The van der Waals surface area contributed by atoms with E-state index in [4.69, 9.17) is 29.4 Å². The summed E-state index contributed by atoms with van der Waals surface area (Å²) in [6.45, 7) is -0.931. The number of hydrogen-bond acceptors (Lipinski definition) is 18. The van der Waals surface area contributed by atoms with Crippen molar-refractivity contribution in [3.05, 3.63) is 0 Å². The van der Waals surface area contributed by atoms with Gasteiger partial charge in [0, 0.05) is 61.5 Å². The van der Waals surface area contributed by atoms with Crippen molar-refractivity contribution in [2.45, 2.75) is 0 Å². The smallest absolute Gasteiger partial charge is 0.332 e. The standard InChI is InChI=1S/C20H40N8O16P4/c29-17(21-13-41-45(33)34)9-25-1-2-26(10-18(30)22-14-42-46(35)36)5-6-28(12-20(32)24-16-44-48(39)40)8-7-27(4-3-25)11-19(31)23-15-43-47(37)38/h33-36H,1-16H2,(H4-2,21,22,23,24,29,30,31,32,37,38,39,40)/p+2. The van der Waals surface area contributed by atoms with Gasteiger partial charge in [-0.3, -0.25) is 47.8 Å². The van der Waals surface area contributed by atoms with Gasteiger partial charge in [-0.05, 0) is 0 Å². The van der Waals surface area contributed by atoms with Crippen LogP contribution in [0.1, 0.15) is 0 Å². The lowest BCUT2D eigenvalue weighted by Gasteiger charge is -2.33. The summed E-state index contributed by atoms with van der Waals surface area (Å²) in [7, 11) is -11.2. The highest BCUT2D eigenvalue weighted by Crippen LogP contribution is 2.23. The van der Waals surface area contributed by atoms with Crippen LogP contribution in [0.5, 0.6) is 0 Å². The third kappa shape index (κ3) is 24.5. The van der Waals surface area contributed by atoms with Gasteiger partial charge in [0.05, 0.1) is 26.2 Å². The summed E-state index contributed by atoms with van der Waals surface area (Å²) in [5.41, 5.74) is 0. The first kappa shape index (κ1) is 44.4. The first-order chi connectivity index (χ1) is 22.7. The van der Waals surface area contributed by atoms with E-state index in [2.05, 4.69) is 39.4 Å². The summed E-state index contributed by atoms with van der Waals surface area (Å²) in [4.78, 5) is 110. The Hall–Kier alpha value is -1.62. The number of carbonyl (C=O) groups excluding carboxylic acids is 4. The maximum atomic E-state index is 12.6. The fourth-order valence-electron chi connectivity index (χ4n) is 3.92. The Morgan fingerprint density at radius 2 is 0.729 bits per heavy atom. The Bertz CT molecular complexity index is 960. The fourth-order valence-corrected chi connectivity index (χ4v) is 4.63. The Balaban J connectivity index is 3.10. The summed E-state index contributed by atoms with van der Waals surface area (Å²) in [5.74, 6) is -2.12. The van der Waals surface area contributed by atoms with Crippen molar-refractivity contribution in [2.24, 2.45) is 0 Å². The molecule has 1 aliphatic heterocycles. The highest BCUT2D eigenvalue weighted by atomic mass is 31.2.